The topological polar surface area (TPSA) is 30.7 Å². The van der Waals surface area contributed by atoms with Crippen LogP contribution in [0.25, 0.3) is 0 Å². The highest BCUT2D eigenvalue weighted by Crippen LogP contribution is 2.32. The lowest BCUT2D eigenvalue weighted by molar-refractivity contribution is -1.01. The van der Waals surface area contributed by atoms with Gasteiger partial charge in [-0.3, -0.25) is 5.01 Å². The van der Waals surface area contributed by atoms with Crippen molar-refractivity contribution in [1.29, 1.82) is 0 Å². The highest BCUT2D eigenvalue weighted by atomic mass is 16.3. The normalized spacial score (nSPS) is 51.2. The van der Waals surface area contributed by atoms with Crippen LogP contribution in [0.3, 0.4) is 0 Å². The van der Waals surface area contributed by atoms with E-state index in [0.29, 0.717) is 17.9 Å². The first-order valence-electron chi connectivity index (χ1n) is 6.53. The molecule has 2 saturated heterocycles. The molecule has 1 saturated carbocycles. The second-order valence-electron chi connectivity index (χ2n) is 5.77. The summed E-state index contributed by atoms with van der Waals surface area (Å²) in [5.74, 6) is 1.10. The van der Waals surface area contributed by atoms with Gasteiger partial charge in [0, 0.05) is 12.5 Å². The standard InChI is InChI=1S/C12H21N2O/c1-9-6-11-10(12(15)7-9)8-13-4-2-3-5-14(11)13/h9-12H,2-8H2,1H3/q-1/p+1. The summed E-state index contributed by atoms with van der Waals surface area (Å²) in [4.78, 5) is 0. The van der Waals surface area contributed by atoms with Gasteiger partial charge in [-0.1, -0.05) is 13.3 Å². The molecule has 1 N–H and O–H groups in total. The number of rotatable bonds is 0. The van der Waals surface area contributed by atoms with Gasteiger partial charge in [-0.2, -0.15) is 5.01 Å². The average Bonchev–Trinajstić information content (AvgIpc) is 2.57. The molecule has 0 radical (unpaired) electrons. The van der Waals surface area contributed by atoms with Gasteiger partial charge in [0.1, 0.15) is 0 Å². The highest BCUT2D eigenvalue weighted by Gasteiger charge is 2.47. The van der Waals surface area contributed by atoms with E-state index in [1.165, 1.54) is 32.4 Å². The molecular formula is C12H22N2O. The summed E-state index contributed by atoms with van der Waals surface area (Å²) >= 11 is 0. The minimum atomic E-state index is -0.281. The Labute approximate surface area is 92.0 Å². The summed E-state index contributed by atoms with van der Waals surface area (Å²) in [6.07, 6.45) is 4.60. The number of fused-ring (bicyclic) bond motifs is 3. The predicted molar refractivity (Wildman–Crippen MR) is 56.1 cm³/mol. The maximum atomic E-state index is 12.1. The Kier molecular flexibility index (Phi) is 2.49. The Bertz CT molecular complexity index is 244. The van der Waals surface area contributed by atoms with Crippen molar-refractivity contribution in [2.75, 3.05) is 19.6 Å². The van der Waals surface area contributed by atoms with Crippen LogP contribution in [0.2, 0.25) is 0 Å². The molecule has 0 bridgehead atoms. The average molecular weight is 210 g/mol. The number of quaternary nitrogens is 1. The van der Waals surface area contributed by atoms with Crippen LogP contribution >= 0.6 is 0 Å². The van der Waals surface area contributed by atoms with E-state index in [0.717, 1.165) is 13.0 Å². The molecule has 0 amide bonds. The van der Waals surface area contributed by atoms with E-state index in [1.54, 1.807) is 5.01 Å². The van der Waals surface area contributed by atoms with E-state index >= 15 is 0 Å². The lowest BCUT2D eigenvalue weighted by atomic mass is 9.78. The van der Waals surface area contributed by atoms with Crippen molar-refractivity contribution in [3.63, 3.8) is 0 Å². The van der Waals surface area contributed by atoms with Crippen molar-refractivity contribution in [3.8, 4) is 0 Å². The molecule has 3 nitrogen and oxygen atoms in total. The Morgan fingerprint density at radius 1 is 1.27 bits per heavy atom. The second kappa shape index (κ2) is 3.72. The molecule has 86 valence electrons. The smallest absolute Gasteiger partial charge is 0.0983 e. The maximum absolute atomic E-state index is 12.1. The quantitative estimate of drug-likeness (QED) is 0.558. The second-order valence-corrected chi connectivity index (χ2v) is 5.77. The highest BCUT2D eigenvalue weighted by molar-refractivity contribution is 4.90. The van der Waals surface area contributed by atoms with Crippen molar-refractivity contribution in [3.05, 3.63) is 0 Å². The molecule has 3 aliphatic rings. The van der Waals surface area contributed by atoms with E-state index in [4.69, 9.17) is 0 Å². The molecule has 3 fully saturated rings. The minimum absolute atomic E-state index is 0.281. The Morgan fingerprint density at radius 2 is 2.13 bits per heavy atom. The molecule has 2 aliphatic heterocycles. The molecule has 3 rings (SSSR count). The van der Waals surface area contributed by atoms with E-state index < -0.39 is 0 Å². The van der Waals surface area contributed by atoms with Gasteiger partial charge in [0.15, 0.2) is 0 Å². The van der Waals surface area contributed by atoms with Crippen LogP contribution in [0.15, 0.2) is 0 Å². The lowest BCUT2D eigenvalue weighted by Crippen LogP contribution is -3.17. The SMILES string of the molecule is CC1CC([O-])C2C[NH+]3CCCCN3C2C1. The van der Waals surface area contributed by atoms with Crippen LogP contribution in [0.1, 0.15) is 32.6 Å². The van der Waals surface area contributed by atoms with Gasteiger partial charge in [-0.25, -0.2) is 0 Å². The summed E-state index contributed by atoms with van der Waals surface area (Å²) in [5.41, 5.74) is 0. The molecule has 3 heteroatoms. The van der Waals surface area contributed by atoms with E-state index in [1.807, 2.05) is 0 Å². The third-order valence-electron chi connectivity index (χ3n) is 4.64. The Hall–Kier alpha value is -0.120. The predicted octanol–water partition coefficient (Wildman–Crippen LogP) is -0.961. The van der Waals surface area contributed by atoms with Crippen LogP contribution in [0.5, 0.6) is 0 Å². The van der Waals surface area contributed by atoms with Crippen molar-refractivity contribution in [2.24, 2.45) is 11.8 Å². The summed E-state index contributed by atoms with van der Waals surface area (Å²) < 4.78 is 0. The van der Waals surface area contributed by atoms with Gasteiger partial charge in [0.25, 0.3) is 0 Å². The van der Waals surface area contributed by atoms with Gasteiger partial charge in [-0.15, -0.1) is 6.10 Å². The van der Waals surface area contributed by atoms with Gasteiger partial charge in [0.2, 0.25) is 0 Å². The van der Waals surface area contributed by atoms with E-state index in [-0.39, 0.29) is 6.10 Å². The zero-order chi connectivity index (χ0) is 10.4. The largest absolute Gasteiger partial charge is 0.852 e. The summed E-state index contributed by atoms with van der Waals surface area (Å²) in [6.45, 7) is 5.89. The lowest BCUT2D eigenvalue weighted by Gasteiger charge is -2.41. The first kappa shape index (κ1) is 10.1. The van der Waals surface area contributed by atoms with Gasteiger partial charge >= 0.3 is 0 Å². The van der Waals surface area contributed by atoms with Crippen molar-refractivity contribution in [1.82, 2.24) is 5.01 Å². The number of nitrogens with zero attached hydrogens (tertiary/aromatic N) is 1. The Morgan fingerprint density at radius 3 is 3.00 bits per heavy atom. The van der Waals surface area contributed by atoms with Crippen molar-refractivity contribution in [2.45, 2.75) is 44.8 Å². The third-order valence-corrected chi connectivity index (χ3v) is 4.64. The minimum Gasteiger partial charge on any atom is -0.852 e. The third kappa shape index (κ3) is 1.61. The summed E-state index contributed by atoms with van der Waals surface area (Å²) in [7, 11) is 0. The molecule has 5 atom stereocenters. The van der Waals surface area contributed by atoms with E-state index in [2.05, 4.69) is 11.9 Å². The number of hydrogen-bond donors (Lipinski definition) is 1. The molecule has 0 spiro atoms. The molecule has 0 aromatic carbocycles. The number of hydrogen-bond acceptors (Lipinski definition) is 2. The number of nitrogens with one attached hydrogen (secondary N) is 1. The summed E-state index contributed by atoms with van der Waals surface area (Å²) in [5, 5.41) is 16.3. The summed E-state index contributed by atoms with van der Waals surface area (Å²) in [6, 6.07) is 0.617. The fourth-order valence-corrected chi connectivity index (χ4v) is 3.93. The van der Waals surface area contributed by atoms with Gasteiger partial charge < -0.3 is 5.11 Å². The molecular weight excluding hydrogens is 188 g/mol. The molecule has 5 unspecified atom stereocenters. The molecule has 0 aromatic heterocycles. The van der Waals surface area contributed by atoms with Crippen molar-refractivity contribution < 1.29 is 10.1 Å². The van der Waals surface area contributed by atoms with Crippen LogP contribution in [0, 0.1) is 11.8 Å². The fraction of sp³-hybridized carbons (Fsp3) is 1.00. The van der Waals surface area contributed by atoms with Crippen LogP contribution in [-0.2, 0) is 0 Å². The monoisotopic (exact) mass is 210 g/mol. The molecule has 0 aromatic rings. The van der Waals surface area contributed by atoms with Crippen LogP contribution < -0.4 is 10.1 Å². The Balaban J connectivity index is 1.79. The van der Waals surface area contributed by atoms with Crippen LogP contribution in [-0.4, -0.2) is 36.8 Å². The molecule has 2 heterocycles. The van der Waals surface area contributed by atoms with Gasteiger partial charge in [0.05, 0.1) is 19.1 Å². The zero-order valence-electron chi connectivity index (χ0n) is 9.61. The first-order valence-corrected chi connectivity index (χ1v) is 6.53. The zero-order valence-corrected chi connectivity index (χ0v) is 9.61. The van der Waals surface area contributed by atoms with Crippen LogP contribution in [0.4, 0.5) is 0 Å². The van der Waals surface area contributed by atoms with Gasteiger partial charge in [-0.05, 0) is 25.2 Å². The fourth-order valence-electron chi connectivity index (χ4n) is 3.93. The molecule has 1 aliphatic carbocycles. The maximum Gasteiger partial charge on any atom is 0.0983 e. The molecule has 15 heavy (non-hydrogen) atoms. The first-order chi connectivity index (χ1) is 7.25. The van der Waals surface area contributed by atoms with Crippen molar-refractivity contribution >= 4 is 0 Å². The van der Waals surface area contributed by atoms with E-state index in [9.17, 15) is 5.11 Å².